The van der Waals surface area contributed by atoms with Gasteiger partial charge in [-0.05, 0) is 53.2 Å². The number of ether oxygens (including phenoxy) is 2. The van der Waals surface area contributed by atoms with Gasteiger partial charge in [-0.3, -0.25) is 0 Å². The summed E-state index contributed by atoms with van der Waals surface area (Å²) in [6.07, 6.45) is 0. The Morgan fingerprint density at radius 2 is 1.90 bits per heavy atom. The van der Waals surface area contributed by atoms with E-state index < -0.39 is 0 Å². The summed E-state index contributed by atoms with van der Waals surface area (Å²) < 4.78 is 25.0. The SMILES string of the molecule is CCOc1ccc(N)cc1COc1cc(F)ccc1Br. The van der Waals surface area contributed by atoms with Crippen molar-refractivity contribution in [2.75, 3.05) is 12.3 Å². The van der Waals surface area contributed by atoms with Gasteiger partial charge in [0.25, 0.3) is 0 Å². The smallest absolute Gasteiger partial charge is 0.136 e. The Kier molecular flexibility index (Phi) is 4.84. The first-order chi connectivity index (χ1) is 9.60. The molecule has 0 spiro atoms. The number of anilines is 1. The third kappa shape index (κ3) is 3.63. The largest absolute Gasteiger partial charge is 0.493 e. The van der Waals surface area contributed by atoms with Crippen molar-refractivity contribution in [3.05, 3.63) is 52.3 Å². The molecular formula is C15H15BrFNO2. The van der Waals surface area contributed by atoms with Gasteiger partial charge >= 0.3 is 0 Å². The fourth-order valence-corrected chi connectivity index (χ4v) is 2.11. The molecule has 106 valence electrons. The quantitative estimate of drug-likeness (QED) is 0.832. The predicted molar refractivity (Wildman–Crippen MR) is 80.5 cm³/mol. The fraction of sp³-hybridized carbons (Fsp3) is 0.200. The molecule has 20 heavy (non-hydrogen) atoms. The molecule has 0 unspecified atom stereocenters. The second-order valence-corrected chi connectivity index (χ2v) is 5.02. The summed E-state index contributed by atoms with van der Waals surface area (Å²) in [7, 11) is 0. The van der Waals surface area contributed by atoms with Gasteiger partial charge in [0.15, 0.2) is 0 Å². The lowest BCUT2D eigenvalue weighted by Crippen LogP contribution is -2.02. The van der Waals surface area contributed by atoms with Crippen LogP contribution < -0.4 is 15.2 Å². The number of nitrogen functional groups attached to an aromatic ring is 1. The lowest BCUT2D eigenvalue weighted by molar-refractivity contribution is 0.284. The Bertz CT molecular complexity index is 604. The molecule has 0 aromatic heterocycles. The summed E-state index contributed by atoms with van der Waals surface area (Å²) in [5.74, 6) is 0.810. The maximum Gasteiger partial charge on any atom is 0.136 e. The molecule has 0 bridgehead atoms. The number of nitrogens with two attached hydrogens (primary N) is 1. The molecule has 2 aromatic rings. The highest BCUT2D eigenvalue weighted by atomic mass is 79.9. The number of halogens is 2. The summed E-state index contributed by atoms with van der Waals surface area (Å²) in [5, 5.41) is 0. The Morgan fingerprint density at radius 1 is 1.10 bits per heavy atom. The van der Waals surface area contributed by atoms with E-state index in [0.29, 0.717) is 28.3 Å². The van der Waals surface area contributed by atoms with Crippen LogP contribution >= 0.6 is 15.9 Å². The second kappa shape index (κ2) is 6.61. The van der Waals surface area contributed by atoms with Crippen molar-refractivity contribution < 1.29 is 13.9 Å². The highest BCUT2D eigenvalue weighted by Crippen LogP contribution is 2.28. The van der Waals surface area contributed by atoms with Crippen LogP contribution in [-0.2, 0) is 6.61 Å². The molecule has 3 nitrogen and oxygen atoms in total. The second-order valence-electron chi connectivity index (χ2n) is 4.16. The molecular weight excluding hydrogens is 325 g/mol. The molecule has 0 saturated heterocycles. The van der Waals surface area contributed by atoms with Crippen LogP contribution in [0.5, 0.6) is 11.5 Å². The zero-order chi connectivity index (χ0) is 14.5. The summed E-state index contributed by atoms with van der Waals surface area (Å²) >= 11 is 3.32. The van der Waals surface area contributed by atoms with Crippen LogP contribution in [0.2, 0.25) is 0 Å². The lowest BCUT2D eigenvalue weighted by atomic mass is 10.2. The minimum absolute atomic E-state index is 0.252. The van der Waals surface area contributed by atoms with E-state index >= 15 is 0 Å². The average Bonchev–Trinajstić information content (AvgIpc) is 2.42. The first-order valence-electron chi connectivity index (χ1n) is 6.19. The Morgan fingerprint density at radius 3 is 2.65 bits per heavy atom. The zero-order valence-corrected chi connectivity index (χ0v) is 12.6. The van der Waals surface area contributed by atoms with Crippen LogP contribution in [-0.4, -0.2) is 6.61 Å². The molecule has 5 heteroatoms. The van der Waals surface area contributed by atoms with E-state index in [-0.39, 0.29) is 12.4 Å². The fourth-order valence-electron chi connectivity index (χ4n) is 1.75. The van der Waals surface area contributed by atoms with Crippen LogP contribution in [0.1, 0.15) is 12.5 Å². The van der Waals surface area contributed by atoms with Gasteiger partial charge in [0, 0.05) is 17.3 Å². The van der Waals surface area contributed by atoms with Gasteiger partial charge in [-0.25, -0.2) is 4.39 Å². The number of hydrogen-bond acceptors (Lipinski definition) is 3. The van der Waals surface area contributed by atoms with Gasteiger partial charge in [0.05, 0.1) is 11.1 Å². The van der Waals surface area contributed by atoms with Gasteiger partial charge in [0.1, 0.15) is 23.9 Å². The Hall–Kier alpha value is -1.75. The van der Waals surface area contributed by atoms with E-state index in [9.17, 15) is 4.39 Å². The van der Waals surface area contributed by atoms with Crippen molar-refractivity contribution in [2.45, 2.75) is 13.5 Å². The monoisotopic (exact) mass is 339 g/mol. The van der Waals surface area contributed by atoms with E-state index in [1.165, 1.54) is 12.1 Å². The van der Waals surface area contributed by atoms with Gasteiger partial charge in [-0.2, -0.15) is 0 Å². The van der Waals surface area contributed by atoms with Crippen LogP contribution in [0.25, 0.3) is 0 Å². The standard InChI is InChI=1S/C15H15BrFNO2/c1-2-19-14-6-4-12(18)7-10(14)9-20-15-8-11(17)3-5-13(15)16/h3-8H,2,9,18H2,1H3. The molecule has 0 amide bonds. The van der Waals surface area contributed by atoms with Crippen molar-refractivity contribution in [2.24, 2.45) is 0 Å². The molecule has 0 aliphatic carbocycles. The molecule has 0 heterocycles. The Balaban J connectivity index is 2.17. The minimum Gasteiger partial charge on any atom is -0.493 e. The topological polar surface area (TPSA) is 44.5 Å². The van der Waals surface area contributed by atoms with Crippen molar-refractivity contribution in [3.63, 3.8) is 0 Å². The van der Waals surface area contributed by atoms with Gasteiger partial charge in [0.2, 0.25) is 0 Å². The van der Waals surface area contributed by atoms with Crippen molar-refractivity contribution in [1.29, 1.82) is 0 Å². The van der Waals surface area contributed by atoms with E-state index in [4.69, 9.17) is 15.2 Å². The van der Waals surface area contributed by atoms with E-state index in [1.807, 2.05) is 6.92 Å². The highest BCUT2D eigenvalue weighted by Gasteiger charge is 2.08. The molecule has 0 atom stereocenters. The molecule has 0 aliphatic heterocycles. The third-order valence-electron chi connectivity index (χ3n) is 2.66. The van der Waals surface area contributed by atoms with Crippen molar-refractivity contribution in [1.82, 2.24) is 0 Å². The molecule has 0 radical (unpaired) electrons. The minimum atomic E-state index is -0.346. The molecule has 2 rings (SSSR count). The van der Waals surface area contributed by atoms with Crippen LogP contribution in [0, 0.1) is 5.82 Å². The lowest BCUT2D eigenvalue weighted by Gasteiger charge is -2.13. The molecule has 0 aliphatic rings. The maximum absolute atomic E-state index is 13.2. The highest BCUT2D eigenvalue weighted by molar-refractivity contribution is 9.10. The summed E-state index contributed by atoms with van der Waals surface area (Å²) in [6.45, 7) is 2.72. The number of rotatable bonds is 5. The summed E-state index contributed by atoms with van der Waals surface area (Å²) in [5.41, 5.74) is 7.22. The number of hydrogen-bond donors (Lipinski definition) is 1. The maximum atomic E-state index is 13.2. The van der Waals surface area contributed by atoms with Crippen LogP contribution in [0.4, 0.5) is 10.1 Å². The predicted octanol–water partition coefficient (Wildman–Crippen LogP) is 4.15. The van der Waals surface area contributed by atoms with Crippen LogP contribution in [0.15, 0.2) is 40.9 Å². The molecule has 0 fully saturated rings. The summed E-state index contributed by atoms with van der Waals surface area (Å²) in [4.78, 5) is 0. The normalized spacial score (nSPS) is 10.3. The van der Waals surface area contributed by atoms with Crippen LogP contribution in [0.3, 0.4) is 0 Å². The van der Waals surface area contributed by atoms with E-state index in [0.717, 1.165) is 5.56 Å². The van der Waals surface area contributed by atoms with Gasteiger partial charge in [-0.1, -0.05) is 0 Å². The average molecular weight is 340 g/mol. The first-order valence-corrected chi connectivity index (χ1v) is 6.98. The Labute approximate surface area is 125 Å². The van der Waals surface area contributed by atoms with Gasteiger partial charge in [-0.15, -0.1) is 0 Å². The van der Waals surface area contributed by atoms with Crippen molar-refractivity contribution >= 4 is 21.6 Å². The molecule has 2 N–H and O–H groups in total. The van der Waals surface area contributed by atoms with E-state index in [1.54, 1.807) is 24.3 Å². The zero-order valence-electron chi connectivity index (χ0n) is 11.0. The van der Waals surface area contributed by atoms with E-state index in [2.05, 4.69) is 15.9 Å². The van der Waals surface area contributed by atoms with Gasteiger partial charge < -0.3 is 15.2 Å². The molecule has 2 aromatic carbocycles. The number of benzene rings is 2. The third-order valence-corrected chi connectivity index (χ3v) is 3.32. The van der Waals surface area contributed by atoms with Crippen molar-refractivity contribution in [3.8, 4) is 11.5 Å². The molecule has 0 saturated carbocycles. The summed E-state index contributed by atoms with van der Waals surface area (Å²) in [6, 6.07) is 9.66. The first kappa shape index (κ1) is 14.7.